The average molecular weight is 293 g/mol. The van der Waals surface area contributed by atoms with Gasteiger partial charge in [-0.05, 0) is 23.5 Å². The SMILES string of the molecule is c1ccc(C2(c3ccccc3)CC2CN2CCOCC2)cc1. The number of nitrogens with zero attached hydrogens (tertiary/aromatic N) is 1. The highest BCUT2D eigenvalue weighted by Gasteiger charge is 2.56. The van der Waals surface area contributed by atoms with Crippen LogP contribution >= 0.6 is 0 Å². The number of hydrogen-bond acceptors (Lipinski definition) is 2. The van der Waals surface area contributed by atoms with Gasteiger partial charge in [0.05, 0.1) is 13.2 Å². The van der Waals surface area contributed by atoms with Crippen molar-refractivity contribution in [2.75, 3.05) is 32.8 Å². The molecule has 1 saturated carbocycles. The second kappa shape index (κ2) is 5.86. The summed E-state index contributed by atoms with van der Waals surface area (Å²) >= 11 is 0. The third-order valence-corrected chi connectivity index (χ3v) is 5.27. The predicted molar refractivity (Wildman–Crippen MR) is 89.0 cm³/mol. The van der Waals surface area contributed by atoms with E-state index in [4.69, 9.17) is 4.74 Å². The van der Waals surface area contributed by atoms with E-state index in [1.54, 1.807) is 0 Å². The molecule has 114 valence electrons. The highest BCUT2D eigenvalue weighted by atomic mass is 16.5. The lowest BCUT2D eigenvalue weighted by Crippen LogP contribution is -2.38. The average Bonchev–Trinajstić information content (AvgIpc) is 3.32. The van der Waals surface area contributed by atoms with Gasteiger partial charge < -0.3 is 4.74 Å². The van der Waals surface area contributed by atoms with Gasteiger partial charge in [0.2, 0.25) is 0 Å². The monoisotopic (exact) mass is 293 g/mol. The Bertz CT molecular complexity index is 565. The van der Waals surface area contributed by atoms with Gasteiger partial charge in [-0.1, -0.05) is 60.7 Å². The zero-order valence-electron chi connectivity index (χ0n) is 12.9. The van der Waals surface area contributed by atoms with Crippen LogP contribution < -0.4 is 0 Å². The van der Waals surface area contributed by atoms with Crippen molar-refractivity contribution < 1.29 is 4.74 Å². The molecule has 0 amide bonds. The molecule has 4 rings (SSSR count). The Morgan fingerprint density at radius 1 is 0.864 bits per heavy atom. The minimum atomic E-state index is 0.223. The Morgan fingerprint density at radius 2 is 1.41 bits per heavy atom. The lowest BCUT2D eigenvalue weighted by Gasteiger charge is -2.28. The van der Waals surface area contributed by atoms with Crippen molar-refractivity contribution in [1.29, 1.82) is 0 Å². The molecule has 1 atom stereocenters. The number of ether oxygens (including phenoxy) is 1. The summed E-state index contributed by atoms with van der Waals surface area (Å²) in [6.07, 6.45) is 1.26. The molecule has 1 unspecified atom stereocenters. The van der Waals surface area contributed by atoms with Crippen LogP contribution in [0.5, 0.6) is 0 Å². The quantitative estimate of drug-likeness (QED) is 0.857. The Balaban J connectivity index is 1.61. The molecule has 0 bridgehead atoms. The molecule has 0 spiro atoms. The normalized spacial score (nSPS) is 24.1. The molecule has 2 aromatic carbocycles. The van der Waals surface area contributed by atoms with Gasteiger partial charge in [-0.3, -0.25) is 4.90 Å². The zero-order chi connectivity index (χ0) is 14.8. The molecule has 22 heavy (non-hydrogen) atoms. The van der Waals surface area contributed by atoms with Gasteiger partial charge in [-0.15, -0.1) is 0 Å². The summed E-state index contributed by atoms with van der Waals surface area (Å²) in [7, 11) is 0. The van der Waals surface area contributed by atoms with Gasteiger partial charge in [-0.25, -0.2) is 0 Å². The van der Waals surface area contributed by atoms with E-state index in [-0.39, 0.29) is 5.41 Å². The summed E-state index contributed by atoms with van der Waals surface area (Å²) in [5.74, 6) is 0.718. The molecule has 2 aliphatic rings. The summed E-state index contributed by atoms with van der Waals surface area (Å²) in [5.41, 5.74) is 3.17. The zero-order valence-corrected chi connectivity index (χ0v) is 12.9. The van der Waals surface area contributed by atoms with Crippen LogP contribution in [0.15, 0.2) is 60.7 Å². The highest BCUT2D eigenvalue weighted by Crippen LogP contribution is 2.59. The van der Waals surface area contributed by atoms with Crippen LogP contribution in [0.2, 0.25) is 0 Å². The molecule has 2 aromatic rings. The van der Waals surface area contributed by atoms with Gasteiger partial charge in [-0.2, -0.15) is 0 Å². The van der Waals surface area contributed by atoms with E-state index in [0.29, 0.717) is 0 Å². The van der Waals surface area contributed by atoms with Crippen molar-refractivity contribution in [2.24, 2.45) is 5.92 Å². The first-order valence-electron chi connectivity index (χ1n) is 8.31. The van der Waals surface area contributed by atoms with E-state index in [1.807, 2.05) is 0 Å². The standard InChI is InChI=1S/C20H23NO/c1-3-7-17(8-4-1)20(18-9-5-2-6-10-18)15-19(20)16-21-11-13-22-14-12-21/h1-10,19H,11-16H2. The first kappa shape index (κ1) is 14.0. The maximum Gasteiger partial charge on any atom is 0.0594 e. The first-order chi connectivity index (χ1) is 10.9. The van der Waals surface area contributed by atoms with E-state index < -0.39 is 0 Å². The molecule has 0 N–H and O–H groups in total. The second-order valence-corrected chi connectivity index (χ2v) is 6.52. The smallest absolute Gasteiger partial charge is 0.0594 e. The van der Waals surface area contributed by atoms with Crippen molar-refractivity contribution in [3.8, 4) is 0 Å². The fraction of sp³-hybridized carbons (Fsp3) is 0.400. The molecule has 0 aromatic heterocycles. The Kier molecular flexibility index (Phi) is 3.73. The van der Waals surface area contributed by atoms with Crippen LogP contribution in [0.4, 0.5) is 0 Å². The maximum atomic E-state index is 5.48. The molecule has 2 nitrogen and oxygen atoms in total. The number of morpholine rings is 1. The molecule has 2 heteroatoms. The summed E-state index contributed by atoms with van der Waals surface area (Å²) in [6, 6.07) is 22.1. The van der Waals surface area contributed by atoms with Crippen molar-refractivity contribution in [1.82, 2.24) is 4.90 Å². The van der Waals surface area contributed by atoms with E-state index in [1.165, 1.54) is 24.1 Å². The minimum Gasteiger partial charge on any atom is -0.379 e. The summed E-state index contributed by atoms with van der Waals surface area (Å²) in [4.78, 5) is 2.57. The molecule has 0 radical (unpaired) electrons. The Hall–Kier alpha value is -1.64. The van der Waals surface area contributed by atoms with Crippen LogP contribution in [-0.2, 0) is 10.2 Å². The summed E-state index contributed by atoms with van der Waals surface area (Å²) < 4.78 is 5.48. The van der Waals surface area contributed by atoms with E-state index in [0.717, 1.165) is 32.2 Å². The van der Waals surface area contributed by atoms with Crippen molar-refractivity contribution >= 4 is 0 Å². The second-order valence-electron chi connectivity index (χ2n) is 6.52. The molecule has 2 fully saturated rings. The van der Waals surface area contributed by atoms with Crippen LogP contribution in [0.3, 0.4) is 0 Å². The lowest BCUT2D eigenvalue weighted by atomic mass is 9.85. The van der Waals surface area contributed by atoms with Crippen LogP contribution in [0, 0.1) is 5.92 Å². The topological polar surface area (TPSA) is 12.5 Å². The molecular formula is C20H23NO. The van der Waals surface area contributed by atoms with Gasteiger partial charge in [0.15, 0.2) is 0 Å². The fourth-order valence-corrected chi connectivity index (χ4v) is 3.99. The maximum absolute atomic E-state index is 5.48. The van der Waals surface area contributed by atoms with E-state index in [2.05, 4.69) is 65.6 Å². The van der Waals surface area contributed by atoms with E-state index >= 15 is 0 Å². The predicted octanol–water partition coefficient (Wildman–Crippen LogP) is 3.32. The van der Waals surface area contributed by atoms with E-state index in [9.17, 15) is 0 Å². The highest BCUT2D eigenvalue weighted by molar-refractivity contribution is 5.47. The summed E-state index contributed by atoms with van der Waals surface area (Å²) in [5, 5.41) is 0. The van der Waals surface area contributed by atoms with Gasteiger partial charge >= 0.3 is 0 Å². The molecular weight excluding hydrogens is 270 g/mol. The molecule has 1 aliphatic carbocycles. The third-order valence-electron chi connectivity index (χ3n) is 5.27. The van der Waals surface area contributed by atoms with Gasteiger partial charge in [0.1, 0.15) is 0 Å². The number of benzene rings is 2. The minimum absolute atomic E-state index is 0.223. The molecule has 1 heterocycles. The Morgan fingerprint density at radius 3 is 1.95 bits per heavy atom. The third kappa shape index (κ3) is 2.47. The van der Waals surface area contributed by atoms with Crippen molar-refractivity contribution in [3.63, 3.8) is 0 Å². The number of rotatable bonds is 4. The lowest BCUT2D eigenvalue weighted by molar-refractivity contribution is 0.0350. The van der Waals surface area contributed by atoms with Crippen molar-refractivity contribution in [3.05, 3.63) is 71.8 Å². The van der Waals surface area contributed by atoms with Crippen LogP contribution in [-0.4, -0.2) is 37.7 Å². The fourth-order valence-electron chi connectivity index (χ4n) is 3.99. The number of hydrogen-bond donors (Lipinski definition) is 0. The van der Waals surface area contributed by atoms with Crippen molar-refractivity contribution in [2.45, 2.75) is 11.8 Å². The molecule has 1 saturated heterocycles. The van der Waals surface area contributed by atoms with Crippen LogP contribution in [0.25, 0.3) is 0 Å². The summed E-state index contributed by atoms with van der Waals surface area (Å²) in [6.45, 7) is 5.12. The first-order valence-corrected chi connectivity index (χ1v) is 8.31. The molecule has 1 aliphatic heterocycles. The van der Waals surface area contributed by atoms with Gasteiger partial charge in [0, 0.05) is 25.0 Å². The van der Waals surface area contributed by atoms with Crippen LogP contribution in [0.1, 0.15) is 17.5 Å². The Labute approximate surface area is 132 Å². The largest absolute Gasteiger partial charge is 0.379 e. The van der Waals surface area contributed by atoms with Gasteiger partial charge in [0.25, 0.3) is 0 Å².